The molecule has 0 spiro atoms. The van der Waals surface area contributed by atoms with Crippen LogP contribution in [0.5, 0.6) is 0 Å². The Labute approximate surface area is 44.6 Å². The molecule has 0 N–H and O–H groups in total. The molecule has 2 nitrogen and oxygen atoms in total. The van der Waals surface area contributed by atoms with Crippen molar-refractivity contribution < 1.29 is 0 Å². The van der Waals surface area contributed by atoms with E-state index >= 15 is 0 Å². The molecule has 0 saturated carbocycles. The van der Waals surface area contributed by atoms with Crippen molar-refractivity contribution in [1.82, 2.24) is 0 Å². The topological polar surface area (TPSA) is 24.7 Å². The smallest absolute Gasteiger partial charge is 0.0598 e. The molecule has 0 aliphatic heterocycles. The van der Waals surface area contributed by atoms with E-state index in [1.807, 2.05) is 0 Å². The third-order valence-electron chi connectivity index (χ3n) is 0.753. The van der Waals surface area contributed by atoms with Crippen LogP contribution in [0.4, 0.5) is 0 Å². The first-order valence-electron chi connectivity index (χ1n) is 2.67. The molecule has 0 heterocycles. The minimum atomic E-state index is 0.896. The van der Waals surface area contributed by atoms with Crippen LogP contribution in [0.25, 0.3) is 0 Å². The summed E-state index contributed by atoms with van der Waals surface area (Å²) in [5, 5.41) is 7.38. The molecule has 7 heavy (non-hydrogen) atoms. The fourth-order valence-electron chi connectivity index (χ4n) is 0.329. The van der Waals surface area contributed by atoms with E-state index in [2.05, 4.69) is 17.2 Å². The Morgan fingerprint density at radius 1 is 1.43 bits per heavy atom. The van der Waals surface area contributed by atoms with E-state index in [4.69, 9.17) is 0 Å². The van der Waals surface area contributed by atoms with Crippen LogP contribution >= 0.6 is 0 Å². The Kier molecular flexibility index (Phi) is 5.28. The molecule has 0 aromatic heterocycles. The predicted molar refractivity (Wildman–Crippen MR) is 30.6 cm³/mol. The number of rotatable bonds is 3. The van der Waals surface area contributed by atoms with Gasteiger partial charge in [0, 0.05) is 7.05 Å². The first kappa shape index (κ1) is 6.60. The Balaban J connectivity index is 2.69. The second kappa shape index (κ2) is 5.60. The number of hydrogen-bond acceptors (Lipinski definition) is 2. The van der Waals surface area contributed by atoms with Crippen molar-refractivity contribution in [3.05, 3.63) is 0 Å². The highest BCUT2D eigenvalue weighted by molar-refractivity contribution is 4.35. The Morgan fingerprint density at radius 2 is 2.14 bits per heavy atom. The highest BCUT2D eigenvalue weighted by Crippen LogP contribution is 1.85. The zero-order chi connectivity index (χ0) is 5.54. The summed E-state index contributed by atoms with van der Waals surface area (Å²) in [4.78, 5) is 0. The molecule has 0 fully saturated rings. The monoisotopic (exact) mass is 100 g/mol. The average Bonchev–Trinajstić information content (AvgIpc) is 1.69. The molecule has 0 aromatic carbocycles. The number of hydrogen-bond donors (Lipinski definition) is 0. The van der Waals surface area contributed by atoms with Gasteiger partial charge in [0.05, 0.1) is 6.54 Å². The summed E-state index contributed by atoms with van der Waals surface area (Å²) in [6, 6.07) is 0. The summed E-state index contributed by atoms with van der Waals surface area (Å²) in [7, 11) is 1.70. The molecule has 0 aliphatic rings. The van der Waals surface area contributed by atoms with E-state index in [1.165, 1.54) is 6.42 Å². The van der Waals surface area contributed by atoms with Gasteiger partial charge in [-0.3, -0.25) is 0 Å². The van der Waals surface area contributed by atoms with Gasteiger partial charge in [-0.25, -0.2) is 0 Å². The third kappa shape index (κ3) is 5.60. The lowest BCUT2D eigenvalue weighted by atomic mass is 10.3. The normalized spacial score (nSPS) is 10.6. The maximum Gasteiger partial charge on any atom is 0.0598 e. The number of nitrogens with zero attached hydrogens (tertiary/aromatic N) is 2. The van der Waals surface area contributed by atoms with E-state index in [0.717, 1.165) is 13.0 Å². The molecule has 0 radical (unpaired) electrons. The van der Waals surface area contributed by atoms with Gasteiger partial charge in [-0.05, 0) is 6.42 Å². The molecule has 0 aromatic rings. The lowest BCUT2D eigenvalue weighted by molar-refractivity contribution is 0.774. The molecule has 0 rings (SSSR count). The molecule has 0 atom stereocenters. The molecule has 0 saturated heterocycles. The zero-order valence-electron chi connectivity index (χ0n) is 5.02. The van der Waals surface area contributed by atoms with Gasteiger partial charge in [0.1, 0.15) is 0 Å². The maximum atomic E-state index is 3.79. The Bertz CT molecular complexity index is 50.0. The molecule has 0 aliphatic carbocycles. The van der Waals surface area contributed by atoms with Gasteiger partial charge < -0.3 is 0 Å². The van der Waals surface area contributed by atoms with Crippen LogP contribution in [0, 0.1) is 0 Å². The summed E-state index contributed by atoms with van der Waals surface area (Å²) in [5.74, 6) is 0. The largest absolute Gasteiger partial charge is 0.198 e. The minimum absolute atomic E-state index is 0.896. The van der Waals surface area contributed by atoms with Gasteiger partial charge in [0.2, 0.25) is 0 Å². The highest BCUT2D eigenvalue weighted by atomic mass is 15.1. The second-order valence-electron chi connectivity index (χ2n) is 1.42. The van der Waals surface area contributed by atoms with E-state index in [0.29, 0.717) is 0 Å². The molecule has 42 valence electrons. The Morgan fingerprint density at radius 3 is 2.57 bits per heavy atom. The number of azo groups is 1. The van der Waals surface area contributed by atoms with Crippen molar-refractivity contribution in [3.63, 3.8) is 0 Å². The van der Waals surface area contributed by atoms with E-state index in [1.54, 1.807) is 7.05 Å². The third-order valence-corrected chi connectivity index (χ3v) is 0.753. The number of unbranched alkanes of at least 4 members (excludes halogenated alkanes) is 1. The van der Waals surface area contributed by atoms with Crippen molar-refractivity contribution in [1.29, 1.82) is 0 Å². The molecule has 2 heteroatoms. The summed E-state index contributed by atoms with van der Waals surface area (Å²) in [6.07, 6.45) is 2.37. The lowest BCUT2D eigenvalue weighted by Crippen LogP contribution is -1.74. The van der Waals surface area contributed by atoms with Crippen molar-refractivity contribution >= 4 is 0 Å². The SMILES string of the molecule is CCCC/N=N/C. The molecule has 0 unspecified atom stereocenters. The van der Waals surface area contributed by atoms with Gasteiger partial charge in [-0.2, -0.15) is 10.2 Å². The summed E-state index contributed by atoms with van der Waals surface area (Å²) >= 11 is 0. The fraction of sp³-hybridized carbons (Fsp3) is 1.00. The molecule has 0 amide bonds. The first-order valence-corrected chi connectivity index (χ1v) is 2.67. The predicted octanol–water partition coefficient (Wildman–Crippen LogP) is 1.87. The van der Waals surface area contributed by atoms with Crippen LogP contribution < -0.4 is 0 Å². The average molecular weight is 100 g/mol. The quantitative estimate of drug-likeness (QED) is 0.382. The van der Waals surface area contributed by atoms with E-state index in [-0.39, 0.29) is 0 Å². The van der Waals surface area contributed by atoms with Gasteiger partial charge in [0.15, 0.2) is 0 Å². The summed E-state index contributed by atoms with van der Waals surface area (Å²) < 4.78 is 0. The molecule has 0 bridgehead atoms. The van der Waals surface area contributed by atoms with E-state index in [9.17, 15) is 0 Å². The van der Waals surface area contributed by atoms with Crippen molar-refractivity contribution in [3.8, 4) is 0 Å². The first-order chi connectivity index (χ1) is 3.41. The van der Waals surface area contributed by atoms with Gasteiger partial charge in [0.25, 0.3) is 0 Å². The van der Waals surface area contributed by atoms with Crippen LogP contribution in [-0.4, -0.2) is 13.6 Å². The van der Waals surface area contributed by atoms with Crippen molar-refractivity contribution in [2.45, 2.75) is 19.8 Å². The van der Waals surface area contributed by atoms with Crippen LogP contribution in [0.1, 0.15) is 19.8 Å². The van der Waals surface area contributed by atoms with Crippen molar-refractivity contribution in [2.24, 2.45) is 10.2 Å². The zero-order valence-corrected chi connectivity index (χ0v) is 5.02. The van der Waals surface area contributed by atoms with Gasteiger partial charge in [-0.15, -0.1) is 0 Å². The minimum Gasteiger partial charge on any atom is -0.198 e. The standard InChI is InChI=1S/C5H12N2/c1-3-4-5-7-6-2/h3-5H2,1-2H3/b7-6+. The Hall–Kier alpha value is -0.400. The van der Waals surface area contributed by atoms with E-state index < -0.39 is 0 Å². The summed E-state index contributed by atoms with van der Waals surface area (Å²) in [5.41, 5.74) is 0. The molecular formula is C5H12N2. The highest BCUT2D eigenvalue weighted by Gasteiger charge is 1.74. The van der Waals surface area contributed by atoms with Crippen molar-refractivity contribution in [2.75, 3.05) is 13.6 Å². The van der Waals surface area contributed by atoms with Gasteiger partial charge >= 0.3 is 0 Å². The van der Waals surface area contributed by atoms with Crippen LogP contribution in [0.15, 0.2) is 10.2 Å². The maximum absolute atomic E-state index is 3.79. The lowest BCUT2D eigenvalue weighted by Gasteiger charge is -1.83. The van der Waals surface area contributed by atoms with Crippen LogP contribution in [0.3, 0.4) is 0 Å². The second-order valence-corrected chi connectivity index (χ2v) is 1.42. The van der Waals surface area contributed by atoms with Crippen LogP contribution in [0.2, 0.25) is 0 Å². The fourth-order valence-corrected chi connectivity index (χ4v) is 0.329. The molecular weight excluding hydrogens is 88.1 g/mol. The van der Waals surface area contributed by atoms with Gasteiger partial charge in [-0.1, -0.05) is 13.3 Å². The summed E-state index contributed by atoms with van der Waals surface area (Å²) in [6.45, 7) is 3.04. The van der Waals surface area contributed by atoms with Crippen LogP contribution in [-0.2, 0) is 0 Å².